The molecule has 0 bridgehead atoms. The van der Waals surface area contributed by atoms with Crippen LogP contribution in [0.15, 0.2) is 0 Å². The number of carboxylic acid groups (broad SMARTS) is 1. The van der Waals surface area contributed by atoms with Crippen LogP contribution in [-0.2, 0) is 4.79 Å². The van der Waals surface area contributed by atoms with Crippen LogP contribution in [0.2, 0.25) is 0 Å². The summed E-state index contributed by atoms with van der Waals surface area (Å²) >= 11 is 1.71. The lowest BCUT2D eigenvalue weighted by Crippen LogP contribution is -2.47. The van der Waals surface area contributed by atoms with E-state index in [2.05, 4.69) is 5.32 Å². The predicted octanol–water partition coefficient (Wildman–Crippen LogP) is 1.15. The number of hydrogen-bond acceptors (Lipinski definition) is 3. The van der Waals surface area contributed by atoms with Crippen molar-refractivity contribution in [3.05, 3.63) is 0 Å². The molecule has 0 radical (unpaired) electrons. The lowest BCUT2D eigenvalue weighted by atomic mass is 9.93. The van der Waals surface area contributed by atoms with Crippen LogP contribution in [0, 0.1) is 5.41 Å². The molecule has 4 heteroatoms. The van der Waals surface area contributed by atoms with Crippen molar-refractivity contribution < 1.29 is 9.90 Å². The molecule has 1 atom stereocenters. The molecule has 3 nitrogen and oxygen atoms in total. The molecule has 70 valence electrons. The molecular weight excluding hydrogens is 174 g/mol. The lowest BCUT2D eigenvalue weighted by molar-refractivity contribution is -0.147. The molecule has 1 aliphatic heterocycles. The fraction of sp³-hybridized carbons (Fsp3) is 0.875. The third-order valence-electron chi connectivity index (χ3n) is 2.14. The monoisotopic (exact) mass is 189 g/mol. The molecule has 0 aromatic rings. The van der Waals surface area contributed by atoms with Crippen LogP contribution < -0.4 is 5.32 Å². The van der Waals surface area contributed by atoms with Crippen molar-refractivity contribution in [2.75, 3.05) is 12.3 Å². The van der Waals surface area contributed by atoms with Crippen molar-refractivity contribution in [2.24, 2.45) is 5.41 Å². The molecule has 2 N–H and O–H groups in total. The van der Waals surface area contributed by atoms with E-state index in [1.165, 1.54) is 0 Å². The molecule has 1 aliphatic rings. The zero-order valence-electron chi connectivity index (χ0n) is 7.46. The van der Waals surface area contributed by atoms with Gasteiger partial charge in [-0.15, -0.1) is 11.8 Å². The van der Waals surface area contributed by atoms with Crippen LogP contribution in [0.5, 0.6) is 0 Å². The van der Waals surface area contributed by atoms with E-state index in [0.717, 1.165) is 18.7 Å². The van der Waals surface area contributed by atoms with E-state index in [1.807, 2.05) is 0 Å². The Balaban J connectivity index is 2.59. The minimum atomic E-state index is -0.727. The van der Waals surface area contributed by atoms with Gasteiger partial charge in [-0.2, -0.15) is 0 Å². The number of carbonyl (C=O) groups is 1. The zero-order chi connectivity index (χ0) is 9.19. The SMILES string of the molecule is CC(C)(C(=O)O)C1NCCCS1. The third kappa shape index (κ3) is 1.93. The Morgan fingerprint density at radius 3 is 2.75 bits per heavy atom. The third-order valence-corrected chi connectivity index (χ3v) is 3.76. The summed E-state index contributed by atoms with van der Waals surface area (Å²) in [6, 6.07) is 0. The Morgan fingerprint density at radius 2 is 2.33 bits per heavy atom. The molecule has 12 heavy (non-hydrogen) atoms. The topological polar surface area (TPSA) is 49.3 Å². The van der Waals surface area contributed by atoms with Gasteiger partial charge in [0.05, 0.1) is 10.8 Å². The van der Waals surface area contributed by atoms with Gasteiger partial charge in [-0.3, -0.25) is 4.79 Å². The summed E-state index contributed by atoms with van der Waals surface area (Å²) in [6.07, 6.45) is 1.14. The second kappa shape index (κ2) is 3.66. The molecule has 1 rings (SSSR count). The molecule has 1 saturated heterocycles. The van der Waals surface area contributed by atoms with Gasteiger partial charge in [-0.1, -0.05) is 0 Å². The van der Waals surface area contributed by atoms with Gasteiger partial charge < -0.3 is 10.4 Å². The Kier molecular flexibility index (Phi) is 3.01. The molecule has 0 amide bonds. The average molecular weight is 189 g/mol. The summed E-state index contributed by atoms with van der Waals surface area (Å²) in [5, 5.41) is 12.2. The minimum Gasteiger partial charge on any atom is -0.481 e. The van der Waals surface area contributed by atoms with Gasteiger partial charge >= 0.3 is 5.97 Å². The Hall–Kier alpha value is -0.220. The maximum atomic E-state index is 10.9. The van der Waals surface area contributed by atoms with E-state index in [-0.39, 0.29) is 5.37 Å². The molecular formula is C8H15NO2S. The Morgan fingerprint density at radius 1 is 1.67 bits per heavy atom. The normalized spacial score (nSPS) is 25.3. The molecule has 0 saturated carbocycles. The highest BCUT2D eigenvalue weighted by Gasteiger charge is 2.37. The van der Waals surface area contributed by atoms with Gasteiger partial charge in [0.25, 0.3) is 0 Å². The first-order chi connectivity index (χ1) is 5.55. The van der Waals surface area contributed by atoms with E-state index in [9.17, 15) is 4.79 Å². The largest absolute Gasteiger partial charge is 0.481 e. The molecule has 0 aromatic carbocycles. The van der Waals surface area contributed by atoms with Crippen molar-refractivity contribution >= 4 is 17.7 Å². The fourth-order valence-corrected chi connectivity index (χ4v) is 2.44. The van der Waals surface area contributed by atoms with Crippen LogP contribution >= 0.6 is 11.8 Å². The zero-order valence-corrected chi connectivity index (χ0v) is 8.28. The van der Waals surface area contributed by atoms with E-state index in [1.54, 1.807) is 25.6 Å². The number of hydrogen-bond donors (Lipinski definition) is 2. The number of nitrogens with one attached hydrogen (secondary N) is 1. The number of aliphatic carboxylic acids is 1. The number of thioether (sulfide) groups is 1. The Bertz CT molecular complexity index is 176. The lowest BCUT2D eigenvalue weighted by Gasteiger charge is -2.33. The summed E-state index contributed by atoms with van der Waals surface area (Å²) < 4.78 is 0. The quantitative estimate of drug-likeness (QED) is 0.684. The Labute approximate surface area is 76.9 Å². The van der Waals surface area contributed by atoms with Crippen molar-refractivity contribution in [2.45, 2.75) is 25.6 Å². The summed E-state index contributed by atoms with van der Waals surface area (Å²) in [7, 11) is 0. The van der Waals surface area contributed by atoms with Crippen LogP contribution in [0.25, 0.3) is 0 Å². The van der Waals surface area contributed by atoms with Gasteiger partial charge in [0.2, 0.25) is 0 Å². The summed E-state index contributed by atoms with van der Waals surface area (Å²) in [6.45, 7) is 4.48. The smallest absolute Gasteiger partial charge is 0.311 e. The molecule has 0 aromatic heterocycles. The second-order valence-electron chi connectivity index (χ2n) is 3.59. The van der Waals surface area contributed by atoms with E-state index in [4.69, 9.17) is 5.11 Å². The van der Waals surface area contributed by atoms with Crippen LogP contribution in [0.1, 0.15) is 20.3 Å². The van der Waals surface area contributed by atoms with E-state index in [0.29, 0.717) is 0 Å². The van der Waals surface area contributed by atoms with E-state index >= 15 is 0 Å². The molecule has 0 aliphatic carbocycles. The molecule has 0 spiro atoms. The maximum absolute atomic E-state index is 10.9. The summed E-state index contributed by atoms with van der Waals surface area (Å²) in [5.74, 6) is 0.336. The van der Waals surface area contributed by atoms with Gasteiger partial charge in [-0.05, 0) is 32.6 Å². The maximum Gasteiger partial charge on any atom is 0.311 e. The number of rotatable bonds is 2. The van der Waals surface area contributed by atoms with Crippen LogP contribution in [0.3, 0.4) is 0 Å². The molecule has 1 unspecified atom stereocenters. The van der Waals surface area contributed by atoms with Gasteiger partial charge in [0, 0.05) is 0 Å². The highest BCUT2D eigenvalue weighted by molar-refractivity contribution is 7.99. The second-order valence-corrected chi connectivity index (χ2v) is 4.80. The first kappa shape index (κ1) is 9.86. The standard InChI is InChI=1S/C8H15NO2S/c1-8(2,7(10)11)6-9-4-3-5-12-6/h6,9H,3-5H2,1-2H3,(H,10,11). The molecule has 1 fully saturated rings. The highest BCUT2D eigenvalue weighted by atomic mass is 32.2. The summed E-state index contributed by atoms with van der Waals surface area (Å²) in [5.41, 5.74) is -0.662. The van der Waals surface area contributed by atoms with E-state index < -0.39 is 11.4 Å². The first-order valence-electron chi connectivity index (χ1n) is 4.13. The molecule has 1 heterocycles. The number of carboxylic acids is 1. The average Bonchev–Trinajstić information content (AvgIpc) is 2.06. The highest BCUT2D eigenvalue weighted by Crippen LogP contribution is 2.31. The fourth-order valence-electron chi connectivity index (χ4n) is 1.14. The van der Waals surface area contributed by atoms with Crippen molar-refractivity contribution in [1.82, 2.24) is 5.32 Å². The van der Waals surface area contributed by atoms with Crippen molar-refractivity contribution in [3.63, 3.8) is 0 Å². The first-order valence-corrected chi connectivity index (χ1v) is 5.18. The van der Waals surface area contributed by atoms with Crippen molar-refractivity contribution in [1.29, 1.82) is 0 Å². The van der Waals surface area contributed by atoms with Gasteiger partial charge in [0.1, 0.15) is 0 Å². The van der Waals surface area contributed by atoms with Gasteiger partial charge in [-0.25, -0.2) is 0 Å². The summed E-state index contributed by atoms with van der Waals surface area (Å²) in [4.78, 5) is 10.9. The van der Waals surface area contributed by atoms with Crippen molar-refractivity contribution in [3.8, 4) is 0 Å². The van der Waals surface area contributed by atoms with Crippen LogP contribution in [0.4, 0.5) is 0 Å². The minimum absolute atomic E-state index is 0.0590. The van der Waals surface area contributed by atoms with Gasteiger partial charge in [0.15, 0.2) is 0 Å². The van der Waals surface area contributed by atoms with Crippen LogP contribution in [-0.4, -0.2) is 28.7 Å². The predicted molar refractivity (Wildman–Crippen MR) is 50.3 cm³/mol.